The van der Waals surface area contributed by atoms with Crippen molar-refractivity contribution in [3.63, 3.8) is 0 Å². The van der Waals surface area contributed by atoms with Gasteiger partial charge in [-0.15, -0.1) is 13.2 Å². The van der Waals surface area contributed by atoms with E-state index < -0.39 is 12.5 Å². The predicted molar refractivity (Wildman–Crippen MR) is 73.1 cm³/mol. The molecule has 2 rings (SSSR count). The van der Waals surface area contributed by atoms with Crippen molar-refractivity contribution in [2.45, 2.75) is 52.1 Å². The van der Waals surface area contributed by atoms with E-state index in [1.807, 2.05) is 19.9 Å². The molecule has 0 bridgehead atoms. The van der Waals surface area contributed by atoms with Crippen LogP contribution in [0.2, 0.25) is 0 Å². The van der Waals surface area contributed by atoms with Gasteiger partial charge in [0.15, 0.2) is 0 Å². The van der Waals surface area contributed by atoms with Crippen LogP contribution in [0.1, 0.15) is 30.7 Å². The summed E-state index contributed by atoms with van der Waals surface area (Å²) < 4.78 is 42.2. The number of carbonyl (C=O) groups is 1. The number of carbonyl (C=O) groups excluding carboxylic acids is 1. The lowest BCUT2D eigenvalue weighted by Crippen LogP contribution is -2.42. The van der Waals surface area contributed by atoms with Gasteiger partial charge in [-0.2, -0.15) is 5.10 Å². The van der Waals surface area contributed by atoms with E-state index in [2.05, 4.69) is 9.84 Å². The number of ether oxygens (including phenoxy) is 1. The molecule has 0 radical (unpaired) electrons. The molecule has 1 amide bonds. The Morgan fingerprint density at radius 3 is 2.50 bits per heavy atom. The van der Waals surface area contributed by atoms with Crippen molar-refractivity contribution >= 4 is 5.91 Å². The maximum Gasteiger partial charge on any atom is 0.522 e. The van der Waals surface area contributed by atoms with Gasteiger partial charge in [0.2, 0.25) is 5.91 Å². The SMILES string of the molecule is Cc1cc(C)n(CCC(=O)N2CCC(OC(F)(F)F)CC2)n1. The molecule has 22 heavy (non-hydrogen) atoms. The van der Waals surface area contributed by atoms with Crippen LogP contribution in [0.3, 0.4) is 0 Å². The number of rotatable bonds is 4. The molecule has 1 aromatic heterocycles. The quantitative estimate of drug-likeness (QED) is 0.856. The summed E-state index contributed by atoms with van der Waals surface area (Å²) in [7, 11) is 0. The Kier molecular flexibility index (Phi) is 5.10. The second-order valence-corrected chi connectivity index (χ2v) is 5.54. The van der Waals surface area contributed by atoms with Crippen molar-refractivity contribution in [1.82, 2.24) is 14.7 Å². The van der Waals surface area contributed by atoms with Gasteiger partial charge in [-0.3, -0.25) is 14.2 Å². The van der Waals surface area contributed by atoms with Gasteiger partial charge in [0.1, 0.15) is 0 Å². The monoisotopic (exact) mass is 319 g/mol. The van der Waals surface area contributed by atoms with Crippen molar-refractivity contribution in [2.24, 2.45) is 0 Å². The fourth-order valence-corrected chi connectivity index (χ4v) is 2.67. The fourth-order valence-electron chi connectivity index (χ4n) is 2.67. The van der Waals surface area contributed by atoms with Crippen LogP contribution in [0.4, 0.5) is 13.2 Å². The minimum atomic E-state index is -4.60. The summed E-state index contributed by atoms with van der Waals surface area (Å²) in [5.41, 5.74) is 1.89. The molecule has 1 aliphatic heterocycles. The van der Waals surface area contributed by atoms with Crippen LogP contribution in [-0.2, 0) is 16.1 Å². The molecule has 0 aromatic carbocycles. The van der Waals surface area contributed by atoms with Crippen molar-refractivity contribution in [2.75, 3.05) is 13.1 Å². The molecular formula is C14H20F3N3O2. The predicted octanol–water partition coefficient (Wildman–Crippen LogP) is 2.42. The lowest BCUT2D eigenvalue weighted by Gasteiger charge is -2.32. The van der Waals surface area contributed by atoms with E-state index in [0.717, 1.165) is 11.4 Å². The lowest BCUT2D eigenvalue weighted by atomic mass is 10.1. The maximum atomic E-state index is 12.1. The standard InChI is InChI=1S/C14H20F3N3O2/c1-10-9-11(2)20(18-10)8-5-13(21)19-6-3-12(4-7-19)22-14(15,16)17/h9,12H,3-8H2,1-2H3. The zero-order valence-corrected chi connectivity index (χ0v) is 12.7. The van der Waals surface area contributed by atoms with Crippen LogP contribution in [0.25, 0.3) is 0 Å². The second kappa shape index (κ2) is 6.68. The lowest BCUT2D eigenvalue weighted by molar-refractivity contribution is -0.345. The summed E-state index contributed by atoms with van der Waals surface area (Å²) in [5.74, 6) is -0.0574. The second-order valence-electron chi connectivity index (χ2n) is 5.54. The third kappa shape index (κ3) is 4.72. The zero-order valence-electron chi connectivity index (χ0n) is 12.7. The average molecular weight is 319 g/mol. The molecule has 8 heteroatoms. The minimum absolute atomic E-state index is 0.0574. The number of nitrogens with zero attached hydrogens (tertiary/aromatic N) is 3. The van der Waals surface area contributed by atoms with Crippen molar-refractivity contribution < 1.29 is 22.7 Å². The highest BCUT2D eigenvalue weighted by Gasteiger charge is 2.35. The molecule has 1 aromatic rings. The topological polar surface area (TPSA) is 47.4 Å². The molecule has 5 nitrogen and oxygen atoms in total. The Morgan fingerprint density at radius 1 is 1.36 bits per heavy atom. The highest BCUT2D eigenvalue weighted by Crippen LogP contribution is 2.24. The summed E-state index contributed by atoms with van der Waals surface area (Å²) in [6.45, 7) is 4.89. The van der Waals surface area contributed by atoms with Crippen LogP contribution in [-0.4, -0.2) is 46.1 Å². The fraction of sp³-hybridized carbons (Fsp3) is 0.714. The molecule has 1 aliphatic rings. The molecule has 0 spiro atoms. The smallest absolute Gasteiger partial charge is 0.342 e. The molecule has 1 fully saturated rings. The van der Waals surface area contributed by atoms with Crippen LogP contribution >= 0.6 is 0 Å². The van der Waals surface area contributed by atoms with Gasteiger partial charge < -0.3 is 4.90 Å². The van der Waals surface area contributed by atoms with Crippen LogP contribution < -0.4 is 0 Å². The Balaban J connectivity index is 1.77. The van der Waals surface area contributed by atoms with Crippen LogP contribution in [0, 0.1) is 13.8 Å². The van der Waals surface area contributed by atoms with Crippen molar-refractivity contribution in [3.05, 3.63) is 17.5 Å². The summed E-state index contributed by atoms with van der Waals surface area (Å²) >= 11 is 0. The maximum absolute atomic E-state index is 12.1. The van der Waals surface area contributed by atoms with Gasteiger partial charge >= 0.3 is 6.36 Å². The van der Waals surface area contributed by atoms with Gasteiger partial charge in [0.25, 0.3) is 0 Å². The van der Waals surface area contributed by atoms with E-state index in [0.29, 0.717) is 26.1 Å². The molecule has 124 valence electrons. The molecule has 0 aliphatic carbocycles. The number of hydrogen-bond acceptors (Lipinski definition) is 3. The Bertz CT molecular complexity index is 520. The van der Waals surface area contributed by atoms with Crippen LogP contribution in [0.15, 0.2) is 6.07 Å². The van der Waals surface area contributed by atoms with E-state index in [9.17, 15) is 18.0 Å². The first-order chi connectivity index (χ1) is 10.2. The largest absolute Gasteiger partial charge is 0.522 e. The van der Waals surface area contributed by atoms with Gasteiger partial charge in [0, 0.05) is 31.7 Å². The first-order valence-electron chi connectivity index (χ1n) is 7.28. The first kappa shape index (κ1) is 16.8. The molecule has 2 heterocycles. The normalized spacial score (nSPS) is 17.0. The van der Waals surface area contributed by atoms with Gasteiger partial charge in [-0.1, -0.05) is 0 Å². The highest BCUT2D eigenvalue weighted by molar-refractivity contribution is 5.76. The third-order valence-electron chi connectivity index (χ3n) is 3.74. The summed E-state index contributed by atoms with van der Waals surface area (Å²) in [6, 6.07) is 1.93. The molecular weight excluding hydrogens is 299 g/mol. The Hall–Kier alpha value is -1.57. The first-order valence-corrected chi connectivity index (χ1v) is 7.28. The molecule has 0 unspecified atom stereocenters. The average Bonchev–Trinajstić information content (AvgIpc) is 2.73. The number of piperidine rings is 1. The number of hydrogen-bond donors (Lipinski definition) is 0. The van der Waals surface area contributed by atoms with E-state index in [-0.39, 0.29) is 18.7 Å². The van der Waals surface area contributed by atoms with E-state index in [4.69, 9.17) is 0 Å². The number of halogens is 3. The van der Waals surface area contributed by atoms with E-state index in [1.165, 1.54) is 0 Å². The Morgan fingerprint density at radius 2 is 2.00 bits per heavy atom. The Labute approximate surface area is 127 Å². The number of amides is 1. The molecule has 0 atom stereocenters. The van der Waals surface area contributed by atoms with Crippen molar-refractivity contribution in [3.8, 4) is 0 Å². The molecule has 0 N–H and O–H groups in total. The summed E-state index contributed by atoms with van der Waals surface area (Å²) in [6.07, 6.45) is -4.73. The molecule has 1 saturated heterocycles. The molecule has 0 saturated carbocycles. The van der Waals surface area contributed by atoms with Crippen molar-refractivity contribution in [1.29, 1.82) is 0 Å². The minimum Gasteiger partial charge on any atom is -0.342 e. The number of alkyl halides is 3. The zero-order chi connectivity index (χ0) is 16.3. The highest BCUT2D eigenvalue weighted by atomic mass is 19.4. The van der Waals surface area contributed by atoms with Gasteiger partial charge in [-0.25, -0.2) is 0 Å². The van der Waals surface area contributed by atoms with E-state index >= 15 is 0 Å². The van der Waals surface area contributed by atoms with E-state index in [1.54, 1.807) is 9.58 Å². The number of likely N-dealkylation sites (tertiary alicyclic amines) is 1. The van der Waals surface area contributed by atoms with Gasteiger partial charge in [0.05, 0.1) is 11.8 Å². The summed E-state index contributed by atoms with van der Waals surface area (Å²) in [5, 5.41) is 4.28. The van der Waals surface area contributed by atoms with Gasteiger partial charge in [-0.05, 0) is 32.8 Å². The number of aryl methyl sites for hydroxylation is 3. The summed E-state index contributed by atoms with van der Waals surface area (Å²) in [4.78, 5) is 13.7. The third-order valence-corrected chi connectivity index (χ3v) is 3.74. The van der Waals surface area contributed by atoms with Crippen LogP contribution in [0.5, 0.6) is 0 Å². The number of aromatic nitrogens is 2.